The summed E-state index contributed by atoms with van der Waals surface area (Å²) >= 11 is 0. The quantitative estimate of drug-likeness (QED) is 0.717. The van der Waals surface area contributed by atoms with Crippen LogP contribution < -0.4 is 5.32 Å². The number of hydrogen-bond donors (Lipinski definition) is 1. The third-order valence-electron chi connectivity index (χ3n) is 3.82. The zero-order valence-corrected chi connectivity index (χ0v) is 18.5. The fourth-order valence-corrected chi connectivity index (χ4v) is 3.83. The van der Waals surface area contributed by atoms with Gasteiger partial charge in [0, 0.05) is 0 Å². The summed E-state index contributed by atoms with van der Waals surface area (Å²) in [6.45, 7) is 11.1. The molecule has 160 valence electrons. The van der Waals surface area contributed by atoms with Crippen LogP contribution in [0.25, 0.3) is 0 Å². The summed E-state index contributed by atoms with van der Waals surface area (Å²) in [6, 6.07) is 6.55. The van der Waals surface area contributed by atoms with Crippen molar-refractivity contribution < 1.29 is 22.4 Å². The Morgan fingerprint density at radius 2 is 1.93 bits per heavy atom. The van der Waals surface area contributed by atoms with Gasteiger partial charge in [0.15, 0.2) is 0 Å². The predicted octanol–water partition coefficient (Wildman–Crippen LogP) is 3.96. The van der Waals surface area contributed by atoms with Crippen molar-refractivity contribution in [2.45, 2.75) is 70.6 Å². The van der Waals surface area contributed by atoms with E-state index in [0.29, 0.717) is 12.0 Å². The van der Waals surface area contributed by atoms with Gasteiger partial charge in [0.1, 0.15) is 11.6 Å². The number of alkyl carbamates (subject to hydrolysis) is 1. The van der Waals surface area contributed by atoms with Crippen molar-refractivity contribution in [3.63, 3.8) is 0 Å². The number of nitrogens with one attached hydrogen (secondary N) is 1. The smallest absolute Gasteiger partial charge is 0.408 e. The lowest BCUT2D eigenvalue weighted by atomic mass is 10.0. The van der Waals surface area contributed by atoms with Crippen LogP contribution in [0.1, 0.15) is 64.1 Å². The highest BCUT2D eigenvalue weighted by Crippen LogP contribution is 2.24. The van der Waals surface area contributed by atoms with Gasteiger partial charge in [-0.05, 0) is 45.6 Å². The highest BCUT2D eigenvalue weighted by atomic mass is 32.2. The van der Waals surface area contributed by atoms with Crippen molar-refractivity contribution in [2.24, 2.45) is 5.92 Å². The standard InChI is InChI=1S/C20H29N3O5S/c1-13(2)10-16(21-18(24)28-20(4,5)6)17-22-23-19(27-17)29(25,26)12-15-9-7-8-14(3)11-15/h7-9,11,13,16H,10,12H2,1-6H3,(H,21,24)/t16-/m0/s1. The first kappa shape index (κ1) is 22.9. The number of rotatable bonds is 7. The molecule has 1 N–H and O–H groups in total. The number of nitrogens with zero attached hydrogens (tertiary/aromatic N) is 2. The zero-order valence-electron chi connectivity index (χ0n) is 17.7. The van der Waals surface area contributed by atoms with E-state index in [1.807, 2.05) is 26.8 Å². The average molecular weight is 424 g/mol. The minimum atomic E-state index is -3.81. The minimum Gasteiger partial charge on any atom is -0.444 e. The molecule has 1 amide bonds. The molecule has 0 saturated carbocycles. The third kappa shape index (κ3) is 7.16. The highest BCUT2D eigenvalue weighted by Gasteiger charge is 2.29. The Labute approximate surface area is 172 Å². The molecule has 1 atom stereocenters. The van der Waals surface area contributed by atoms with E-state index in [2.05, 4.69) is 15.5 Å². The molecule has 0 aliphatic rings. The van der Waals surface area contributed by atoms with E-state index in [1.54, 1.807) is 39.0 Å². The molecule has 0 spiro atoms. The van der Waals surface area contributed by atoms with Crippen LogP contribution >= 0.6 is 0 Å². The first-order chi connectivity index (χ1) is 13.4. The molecule has 0 unspecified atom stereocenters. The first-order valence-electron chi connectivity index (χ1n) is 9.47. The molecule has 9 heteroatoms. The van der Waals surface area contributed by atoms with Gasteiger partial charge >= 0.3 is 11.3 Å². The third-order valence-corrected chi connectivity index (χ3v) is 5.23. The highest BCUT2D eigenvalue weighted by molar-refractivity contribution is 7.90. The maximum Gasteiger partial charge on any atom is 0.408 e. The van der Waals surface area contributed by atoms with Gasteiger partial charge in [0.05, 0.1) is 5.75 Å². The first-order valence-corrected chi connectivity index (χ1v) is 11.1. The Balaban J connectivity index is 2.21. The molecule has 0 saturated heterocycles. The number of sulfone groups is 1. The molecule has 0 aliphatic heterocycles. The Bertz CT molecular complexity index is 945. The van der Waals surface area contributed by atoms with Gasteiger partial charge in [-0.25, -0.2) is 13.2 Å². The minimum absolute atomic E-state index is 0.0346. The van der Waals surface area contributed by atoms with E-state index in [-0.39, 0.29) is 17.6 Å². The van der Waals surface area contributed by atoms with Crippen molar-refractivity contribution >= 4 is 15.9 Å². The van der Waals surface area contributed by atoms with E-state index in [9.17, 15) is 13.2 Å². The number of aryl methyl sites for hydroxylation is 1. The topological polar surface area (TPSA) is 111 Å². The van der Waals surface area contributed by atoms with Crippen LogP contribution in [0, 0.1) is 12.8 Å². The summed E-state index contributed by atoms with van der Waals surface area (Å²) in [7, 11) is -3.81. The number of ether oxygens (including phenoxy) is 1. The van der Waals surface area contributed by atoms with Crippen LogP contribution in [0.2, 0.25) is 0 Å². The number of carbonyl (C=O) groups excluding carboxylic acids is 1. The molecule has 1 heterocycles. The molecule has 1 aromatic heterocycles. The molecule has 0 bridgehead atoms. The predicted molar refractivity (Wildman–Crippen MR) is 108 cm³/mol. The monoisotopic (exact) mass is 423 g/mol. The van der Waals surface area contributed by atoms with Crippen LogP contribution in [0.4, 0.5) is 4.79 Å². The molecule has 2 aromatic rings. The Morgan fingerprint density at radius 3 is 2.52 bits per heavy atom. The second-order valence-corrected chi connectivity index (χ2v) is 10.4. The van der Waals surface area contributed by atoms with Gasteiger partial charge in [-0.1, -0.05) is 48.8 Å². The molecule has 0 aliphatic carbocycles. The average Bonchev–Trinajstić information content (AvgIpc) is 3.02. The SMILES string of the molecule is Cc1cccc(CS(=O)(=O)c2nnc([C@H](CC(C)C)NC(=O)OC(C)(C)C)o2)c1. The lowest BCUT2D eigenvalue weighted by Gasteiger charge is -2.22. The van der Waals surface area contributed by atoms with Crippen molar-refractivity contribution in [1.82, 2.24) is 15.5 Å². The maximum atomic E-state index is 12.7. The number of amides is 1. The van der Waals surface area contributed by atoms with E-state index < -0.39 is 32.8 Å². The lowest BCUT2D eigenvalue weighted by Crippen LogP contribution is -2.35. The van der Waals surface area contributed by atoms with Crippen LogP contribution in [0.3, 0.4) is 0 Å². The van der Waals surface area contributed by atoms with Crippen LogP contribution in [-0.2, 0) is 20.3 Å². The van der Waals surface area contributed by atoms with Gasteiger partial charge in [0.2, 0.25) is 15.7 Å². The van der Waals surface area contributed by atoms with Crippen molar-refractivity contribution in [3.05, 3.63) is 41.3 Å². The summed E-state index contributed by atoms with van der Waals surface area (Å²) in [5, 5.41) is 9.83. The fraction of sp³-hybridized carbons (Fsp3) is 0.550. The molecule has 1 aromatic carbocycles. The zero-order chi connectivity index (χ0) is 21.8. The number of hydrogen-bond acceptors (Lipinski definition) is 7. The van der Waals surface area contributed by atoms with Crippen molar-refractivity contribution in [2.75, 3.05) is 0 Å². The largest absolute Gasteiger partial charge is 0.444 e. The molecule has 0 fully saturated rings. The summed E-state index contributed by atoms with van der Waals surface area (Å²) in [4.78, 5) is 12.2. The van der Waals surface area contributed by atoms with E-state index in [1.165, 1.54) is 0 Å². The van der Waals surface area contributed by atoms with E-state index >= 15 is 0 Å². The second kappa shape index (κ2) is 8.94. The molecule has 8 nitrogen and oxygen atoms in total. The molecule has 2 rings (SSSR count). The number of benzene rings is 1. The molecule has 0 radical (unpaired) electrons. The van der Waals surface area contributed by atoms with Crippen molar-refractivity contribution in [1.29, 1.82) is 0 Å². The van der Waals surface area contributed by atoms with Gasteiger partial charge in [-0.15, -0.1) is 5.10 Å². The summed E-state index contributed by atoms with van der Waals surface area (Å²) < 4.78 is 36.1. The fourth-order valence-electron chi connectivity index (χ4n) is 2.71. The van der Waals surface area contributed by atoms with Crippen LogP contribution in [-0.4, -0.2) is 30.3 Å². The number of carbonyl (C=O) groups is 1. The van der Waals surface area contributed by atoms with Gasteiger partial charge in [-0.2, -0.15) is 0 Å². The maximum absolute atomic E-state index is 12.7. The van der Waals surface area contributed by atoms with E-state index in [0.717, 1.165) is 5.56 Å². The summed E-state index contributed by atoms with van der Waals surface area (Å²) in [6.07, 6.45) is -0.149. The second-order valence-electron chi connectivity index (χ2n) is 8.48. The molecular weight excluding hydrogens is 394 g/mol. The Morgan fingerprint density at radius 1 is 1.24 bits per heavy atom. The van der Waals surface area contributed by atoms with Crippen molar-refractivity contribution in [3.8, 4) is 0 Å². The molecular formula is C20H29N3O5S. The number of aromatic nitrogens is 2. The summed E-state index contributed by atoms with van der Waals surface area (Å²) in [5.74, 6) is -0.0217. The Kier molecular flexibility index (Phi) is 7.05. The Hall–Kier alpha value is -2.42. The van der Waals surface area contributed by atoms with Crippen LogP contribution in [0.15, 0.2) is 33.9 Å². The lowest BCUT2D eigenvalue weighted by molar-refractivity contribution is 0.0487. The summed E-state index contributed by atoms with van der Waals surface area (Å²) in [5.41, 5.74) is 0.932. The van der Waals surface area contributed by atoms with E-state index in [4.69, 9.17) is 9.15 Å². The van der Waals surface area contributed by atoms with Gasteiger partial charge in [0.25, 0.3) is 0 Å². The van der Waals surface area contributed by atoms with Gasteiger partial charge in [-0.3, -0.25) is 0 Å². The molecule has 29 heavy (non-hydrogen) atoms. The normalized spacial score (nSPS) is 13.3. The van der Waals surface area contributed by atoms with Gasteiger partial charge < -0.3 is 14.5 Å². The van der Waals surface area contributed by atoms with Crippen LogP contribution in [0.5, 0.6) is 0 Å².